The molecule has 1 fully saturated rings. The van der Waals surface area contributed by atoms with Gasteiger partial charge in [0, 0.05) is 31.7 Å². The Morgan fingerprint density at radius 2 is 1.74 bits per heavy atom. The molecule has 0 amide bonds. The summed E-state index contributed by atoms with van der Waals surface area (Å²) in [7, 11) is -4.20. The van der Waals surface area contributed by atoms with E-state index in [1.165, 1.54) is 0 Å². The number of hydrogen-bond acceptors (Lipinski definition) is 6. The first-order valence-corrected chi connectivity index (χ1v) is 10.9. The van der Waals surface area contributed by atoms with Crippen LogP contribution in [0.5, 0.6) is 0 Å². The van der Waals surface area contributed by atoms with E-state index in [-0.39, 0.29) is 37.8 Å². The summed E-state index contributed by atoms with van der Waals surface area (Å²) in [5.41, 5.74) is 1.89. The van der Waals surface area contributed by atoms with Crippen molar-refractivity contribution in [1.82, 2.24) is 9.29 Å². The first-order chi connectivity index (χ1) is 14.8. The van der Waals surface area contributed by atoms with Crippen molar-refractivity contribution >= 4 is 15.9 Å². The predicted molar refractivity (Wildman–Crippen MR) is 109 cm³/mol. The van der Waals surface area contributed by atoms with Crippen LogP contribution < -0.4 is 4.90 Å². The summed E-state index contributed by atoms with van der Waals surface area (Å²) < 4.78 is 59.9. The number of aryl methyl sites for hydroxylation is 1. The SMILES string of the molecule is Cc1ccc(-c2nc(C#N)c(N3CCN(S(=O)(=O)c4cc(F)ccc4F)CC3)o2)cc1. The highest BCUT2D eigenvalue weighted by atomic mass is 32.2. The van der Waals surface area contributed by atoms with Crippen LogP contribution >= 0.6 is 0 Å². The number of halogens is 2. The number of piperazine rings is 1. The summed E-state index contributed by atoms with van der Waals surface area (Å²) in [4.78, 5) is 5.27. The molecule has 1 aliphatic rings. The van der Waals surface area contributed by atoms with Gasteiger partial charge in [0.1, 0.15) is 22.6 Å². The topological polar surface area (TPSA) is 90.4 Å². The molecule has 0 radical (unpaired) electrons. The zero-order chi connectivity index (χ0) is 22.2. The second-order valence-corrected chi connectivity index (χ2v) is 9.02. The van der Waals surface area contributed by atoms with Gasteiger partial charge in [-0.15, -0.1) is 0 Å². The predicted octanol–water partition coefficient (Wildman–Crippen LogP) is 3.31. The molecule has 1 aromatic heterocycles. The molecule has 2 heterocycles. The molecule has 0 spiro atoms. The number of oxazole rings is 1. The lowest BCUT2D eigenvalue weighted by molar-refractivity contribution is 0.372. The Labute approximate surface area is 178 Å². The van der Waals surface area contributed by atoms with Crippen LogP contribution in [0.15, 0.2) is 51.8 Å². The van der Waals surface area contributed by atoms with Gasteiger partial charge < -0.3 is 9.32 Å². The van der Waals surface area contributed by atoms with Gasteiger partial charge in [-0.25, -0.2) is 17.2 Å². The summed E-state index contributed by atoms with van der Waals surface area (Å²) in [5.74, 6) is -1.29. The number of nitriles is 1. The van der Waals surface area contributed by atoms with Crippen LogP contribution in [0.25, 0.3) is 11.5 Å². The molecule has 0 atom stereocenters. The average molecular weight is 444 g/mol. The molecule has 160 valence electrons. The third kappa shape index (κ3) is 4.02. The molecule has 0 saturated carbocycles. The number of benzene rings is 2. The zero-order valence-corrected chi connectivity index (χ0v) is 17.4. The van der Waals surface area contributed by atoms with Crippen LogP contribution in [0.2, 0.25) is 0 Å². The largest absolute Gasteiger partial charge is 0.419 e. The number of nitrogens with zero attached hydrogens (tertiary/aromatic N) is 4. The van der Waals surface area contributed by atoms with Crippen LogP contribution in [0.1, 0.15) is 11.3 Å². The molecule has 0 N–H and O–H groups in total. The zero-order valence-electron chi connectivity index (χ0n) is 16.5. The average Bonchev–Trinajstić information content (AvgIpc) is 3.20. The summed E-state index contributed by atoms with van der Waals surface area (Å²) in [6.07, 6.45) is 0. The van der Waals surface area contributed by atoms with E-state index in [0.717, 1.165) is 27.6 Å². The Hall–Kier alpha value is -3.29. The van der Waals surface area contributed by atoms with Gasteiger partial charge in [0.2, 0.25) is 27.5 Å². The Balaban J connectivity index is 1.54. The van der Waals surface area contributed by atoms with Gasteiger partial charge in [-0.05, 0) is 37.3 Å². The molecule has 1 saturated heterocycles. The first kappa shape index (κ1) is 21.0. The smallest absolute Gasteiger partial charge is 0.246 e. The van der Waals surface area contributed by atoms with Crippen LogP contribution in [-0.2, 0) is 10.0 Å². The number of hydrogen-bond donors (Lipinski definition) is 0. The van der Waals surface area contributed by atoms with Crippen molar-refractivity contribution in [3.63, 3.8) is 0 Å². The van der Waals surface area contributed by atoms with E-state index in [2.05, 4.69) is 4.98 Å². The molecule has 4 rings (SSSR count). The minimum Gasteiger partial charge on any atom is -0.419 e. The molecule has 0 aliphatic carbocycles. The highest BCUT2D eigenvalue weighted by molar-refractivity contribution is 7.89. The lowest BCUT2D eigenvalue weighted by Crippen LogP contribution is -2.49. The van der Waals surface area contributed by atoms with Crippen molar-refractivity contribution < 1.29 is 21.6 Å². The summed E-state index contributed by atoms with van der Waals surface area (Å²) in [6.45, 7) is 2.39. The van der Waals surface area contributed by atoms with Gasteiger partial charge >= 0.3 is 0 Å². The van der Waals surface area contributed by atoms with E-state index in [1.807, 2.05) is 37.3 Å². The van der Waals surface area contributed by atoms with Gasteiger partial charge in [-0.2, -0.15) is 14.6 Å². The molecular formula is C21H18F2N4O3S. The van der Waals surface area contributed by atoms with E-state index >= 15 is 0 Å². The van der Waals surface area contributed by atoms with Crippen LogP contribution in [0.4, 0.5) is 14.7 Å². The summed E-state index contributed by atoms with van der Waals surface area (Å²) >= 11 is 0. The fourth-order valence-corrected chi connectivity index (χ4v) is 4.86. The minimum atomic E-state index is -4.20. The molecule has 10 heteroatoms. The fraction of sp³-hybridized carbons (Fsp3) is 0.238. The van der Waals surface area contributed by atoms with Crippen molar-refractivity contribution in [3.8, 4) is 17.5 Å². The molecule has 1 aliphatic heterocycles. The highest BCUT2D eigenvalue weighted by Gasteiger charge is 2.33. The molecule has 0 unspecified atom stereocenters. The Morgan fingerprint density at radius 3 is 2.39 bits per heavy atom. The maximum absolute atomic E-state index is 14.0. The van der Waals surface area contributed by atoms with Crippen molar-refractivity contribution in [3.05, 3.63) is 65.4 Å². The fourth-order valence-electron chi connectivity index (χ4n) is 3.36. The lowest BCUT2D eigenvalue weighted by Gasteiger charge is -2.33. The summed E-state index contributed by atoms with van der Waals surface area (Å²) in [6, 6.07) is 11.8. The van der Waals surface area contributed by atoms with E-state index < -0.39 is 26.6 Å². The first-order valence-electron chi connectivity index (χ1n) is 9.47. The number of rotatable bonds is 4. The molecule has 31 heavy (non-hydrogen) atoms. The van der Waals surface area contributed by atoms with Crippen LogP contribution in [0.3, 0.4) is 0 Å². The van der Waals surface area contributed by atoms with E-state index in [9.17, 15) is 22.5 Å². The normalized spacial score (nSPS) is 15.1. The monoisotopic (exact) mass is 444 g/mol. The van der Waals surface area contributed by atoms with Gasteiger partial charge in [0.15, 0.2) is 0 Å². The Kier molecular flexibility index (Phi) is 5.47. The van der Waals surface area contributed by atoms with Gasteiger partial charge in [0.25, 0.3) is 0 Å². The highest BCUT2D eigenvalue weighted by Crippen LogP contribution is 2.30. The van der Waals surface area contributed by atoms with Gasteiger partial charge in [-0.3, -0.25) is 0 Å². The molecule has 2 aromatic carbocycles. The van der Waals surface area contributed by atoms with Crippen LogP contribution in [0, 0.1) is 29.9 Å². The molecule has 0 bridgehead atoms. The Morgan fingerprint density at radius 1 is 1.06 bits per heavy atom. The molecule has 3 aromatic rings. The van der Waals surface area contributed by atoms with E-state index in [1.54, 1.807) is 4.90 Å². The maximum atomic E-state index is 14.0. The third-order valence-corrected chi connectivity index (χ3v) is 6.96. The number of anilines is 1. The molecular weight excluding hydrogens is 426 g/mol. The van der Waals surface area contributed by atoms with Gasteiger partial charge in [0.05, 0.1) is 0 Å². The van der Waals surface area contributed by atoms with E-state index in [0.29, 0.717) is 12.0 Å². The van der Waals surface area contributed by atoms with E-state index in [4.69, 9.17) is 4.42 Å². The second-order valence-electron chi connectivity index (χ2n) is 7.12. The molecule has 7 nitrogen and oxygen atoms in total. The quantitative estimate of drug-likeness (QED) is 0.613. The lowest BCUT2D eigenvalue weighted by atomic mass is 10.1. The second kappa shape index (κ2) is 8.09. The Bertz CT molecular complexity index is 1260. The number of sulfonamides is 1. The summed E-state index contributed by atoms with van der Waals surface area (Å²) in [5, 5.41) is 9.46. The van der Waals surface area contributed by atoms with Crippen molar-refractivity contribution in [2.45, 2.75) is 11.8 Å². The third-order valence-electron chi connectivity index (χ3n) is 5.05. The standard InChI is InChI=1S/C21H18F2N4O3S/c1-14-2-4-15(5-3-14)20-25-18(13-24)21(30-20)26-8-10-27(11-9-26)31(28,29)19-12-16(22)6-7-17(19)23/h2-7,12H,8-11H2,1H3. The van der Waals surface area contributed by atoms with Crippen molar-refractivity contribution in [2.75, 3.05) is 31.1 Å². The van der Waals surface area contributed by atoms with Gasteiger partial charge in [-0.1, -0.05) is 17.7 Å². The maximum Gasteiger partial charge on any atom is 0.246 e. The van der Waals surface area contributed by atoms with Crippen molar-refractivity contribution in [1.29, 1.82) is 5.26 Å². The van der Waals surface area contributed by atoms with Crippen LogP contribution in [-0.4, -0.2) is 43.9 Å². The minimum absolute atomic E-state index is 0.0176. The van der Waals surface area contributed by atoms with Crippen molar-refractivity contribution in [2.24, 2.45) is 0 Å². The number of aromatic nitrogens is 1.